The number of alkyl halides is 3. The van der Waals surface area contributed by atoms with Gasteiger partial charge in [0.25, 0.3) is 0 Å². The van der Waals surface area contributed by atoms with Crippen LogP contribution in [0.1, 0.15) is 21.8 Å². The summed E-state index contributed by atoms with van der Waals surface area (Å²) in [5, 5.41) is 9.03. The zero-order valence-electron chi connectivity index (χ0n) is 9.95. The fourth-order valence-electron chi connectivity index (χ4n) is 1.60. The van der Waals surface area contributed by atoms with Crippen LogP contribution in [0.5, 0.6) is 0 Å². The monoisotopic (exact) mass is 305 g/mol. The number of hydrogen-bond donors (Lipinski definition) is 1. The maximum Gasteiger partial charge on any atom is 0.437 e. The molecule has 0 radical (unpaired) electrons. The largest absolute Gasteiger partial charge is 0.475 e. The van der Waals surface area contributed by atoms with Crippen molar-refractivity contribution in [2.45, 2.75) is 13.1 Å². The number of rotatable bonds is 2. The number of carboxylic acids is 1. The van der Waals surface area contributed by atoms with Crippen molar-refractivity contribution in [1.82, 2.24) is 4.98 Å². The molecule has 0 atom stereocenters. The van der Waals surface area contributed by atoms with Crippen molar-refractivity contribution >= 4 is 17.6 Å². The molecule has 0 aliphatic carbocycles. The fourth-order valence-corrected chi connectivity index (χ4v) is 1.77. The third kappa shape index (κ3) is 2.62. The van der Waals surface area contributed by atoms with Crippen LogP contribution < -0.4 is 0 Å². The zero-order valence-corrected chi connectivity index (χ0v) is 10.7. The number of carbonyl (C=O) groups is 1. The summed E-state index contributed by atoms with van der Waals surface area (Å²) in [6.07, 6.45) is -4.91. The maximum absolute atomic E-state index is 12.7. The highest BCUT2D eigenvalue weighted by Crippen LogP contribution is 2.35. The first-order valence-electron chi connectivity index (χ1n) is 5.28. The van der Waals surface area contributed by atoms with E-state index in [2.05, 4.69) is 4.98 Å². The SMILES string of the molecule is Cc1ccc(Cl)cc1-c1nc(C(F)(F)F)c(C(=O)O)o1. The van der Waals surface area contributed by atoms with Gasteiger partial charge in [-0.1, -0.05) is 17.7 Å². The highest BCUT2D eigenvalue weighted by atomic mass is 35.5. The van der Waals surface area contributed by atoms with E-state index in [1.54, 1.807) is 19.1 Å². The Hall–Kier alpha value is -2.02. The van der Waals surface area contributed by atoms with Crippen LogP contribution in [0, 0.1) is 6.92 Å². The molecule has 1 aromatic heterocycles. The Labute approximate surface area is 115 Å². The van der Waals surface area contributed by atoms with E-state index in [-0.39, 0.29) is 10.6 Å². The standard InChI is InChI=1S/C12H7ClF3NO3/c1-5-2-3-6(13)4-7(5)10-17-9(12(14,15)16)8(20-10)11(18)19/h2-4H,1H3,(H,18,19). The van der Waals surface area contributed by atoms with E-state index in [0.29, 0.717) is 5.56 Å². The lowest BCUT2D eigenvalue weighted by Crippen LogP contribution is -2.11. The number of nitrogens with zero attached hydrogens (tertiary/aromatic N) is 1. The molecule has 0 unspecified atom stereocenters. The highest BCUT2D eigenvalue weighted by molar-refractivity contribution is 6.30. The third-order valence-electron chi connectivity index (χ3n) is 2.52. The molecule has 1 heterocycles. The van der Waals surface area contributed by atoms with Crippen LogP contribution in [0.4, 0.5) is 13.2 Å². The topological polar surface area (TPSA) is 63.3 Å². The van der Waals surface area contributed by atoms with Crippen molar-refractivity contribution in [3.63, 3.8) is 0 Å². The molecule has 1 N–H and O–H groups in total. The summed E-state index contributed by atoms with van der Waals surface area (Å²) in [5.74, 6) is -3.52. The van der Waals surface area contributed by atoms with Crippen molar-refractivity contribution in [2.75, 3.05) is 0 Å². The Morgan fingerprint density at radius 2 is 2.05 bits per heavy atom. The molecule has 2 rings (SSSR count). The Bertz CT molecular complexity index is 679. The smallest absolute Gasteiger partial charge is 0.437 e. The number of benzene rings is 1. The van der Waals surface area contributed by atoms with Crippen molar-refractivity contribution in [3.05, 3.63) is 40.2 Å². The molecule has 0 aliphatic heterocycles. The van der Waals surface area contributed by atoms with Crippen LogP contribution in [0.25, 0.3) is 11.5 Å². The molecule has 0 saturated heterocycles. The summed E-state index contributed by atoms with van der Waals surface area (Å²) in [5.41, 5.74) is -0.809. The molecule has 0 spiro atoms. The van der Waals surface area contributed by atoms with E-state index in [4.69, 9.17) is 21.1 Å². The second kappa shape index (κ2) is 4.82. The van der Waals surface area contributed by atoms with Crippen LogP contribution in [0.15, 0.2) is 22.6 Å². The summed E-state index contributed by atoms with van der Waals surface area (Å²) in [6, 6.07) is 4.47. The van der Waals surface area contributed by atoms with Crippen molar-refractivity contribution < 1.29 is 27.5 Å². The van der Waals surface area contributed by atoms with Crippen LogP contribution in [-0.4, -0.2) is 16.1 Å². The molecular weight excluding hydrogens is 299 g/mol. The molecular formula is C12H7ClF3NO3. The molecule has 4 nitrogen and oxygen atoms in total. The van der Waals surface area contributed by atoms with Crippen molar-refractivity contribution in [3.8, 4) is 11.5 Å². The number of aryl methyl sites for hydroxylation is 1. The van der Waals surface area contributed by atoms with Gasteiger partial charge in [-0.3, -0.25) is 0 Å². The molecule has 20 heavy (non-hydrogen) atoms. The van der Waals surface area contributed by atoms with E-state index in [1.807, 2.05) is 0 Å². The van der Waals surface area contributed by atoms with Gasteiger partial charge in [0.2, 0.25) is 11.7 Å². The third-order valence-corrected chi connectivity index (χ3v) is 2.76. The molecule has 106 valence electrons. The number of halogens is 4. The lowest BCUT2D eigenvalue weighted by Gasteiger charge is -2.02. The molecule has 0 saturated carbocycles. The van der Waals surface area contributed by atoms with Crippen molar-refractivity contribution in [2.24, 2.45) is 0 Å². The summed E-state index contributed by atoms with van der Waals surface area (Å²) >= 11 is 5.76. The fraction of sp³-hybridized carbons (Fsp3) is 0.167. The molecule has 1 aromatic carbocycles. The van der Waals surface area contributed by atoms with Gasteiger partial charge in [-0.25, -0.2) is 9.78 Å². The lowest BCUT2D eigenvalue weighted by atomic mass is 10.1. The van der Waals surface area contributed by atoms with Gasteiger partial charge in [-0.2, -0.15) is 13.2 Å². The Morgan fingerprint density at radius 3 is 2.55 bits per heavy atom. The first kappa shape index (κ1) is 14.4. The van der Waals surface area contributed by atoms with Gasteiger partial charge in [-0.05, 0) is 24.6 Å². The van der Waals surface area contributed by atoms with Crippen LogP contribution in [0.2, 0.25) is 5.02 Å². The van der Waals surface area contributed by atoms with Crippen LogP contribution in [-0.2, 0) is 6.18 Å². The molecule has 0 aliphatic rings. The Balaban J connectivity index is 2.65. The average Bonchev–Trinajstić information content (AvgIpc) is 2.77. The Kier molecular flexibility index (Phi) is 3.47. The zero-order chi connectivity index (χ0) is 15.1. The van der Waals surface area contributed by atoms with Gasteiger partial charge < -0.3 is 9.52 Å². The first-order chi connectivity index (χ1) is 9.20. The summed E-state index contributed by atoms with van der Waals surface area (Å²) in [7, 11) is 0. The van der Waals surface area contributed by atoms with Gasteiger partial charge in [0, 0.05) is 10.6 Å². The van der Waals surface area contributed by atoms with Crippen LogP contribution >= 0.6 is 11.6 Å². The van der Waals surface area contributed by atoms with Gasteiger partial charge >= 0.3 is 12.1 Å². The summed E-state index contributed by atoms with van der Waals surface area (Å²) in [4.78, 5) is 14.0. The minimum absolute atomic E-state index is 0.204. The number of oxazole rings is 1. The van der Waals surface area contributed by atoms with E-state index in [1.165, 1.54) is 6.07 Å². The molecule has 0 bridgehead atoms. The van der Waals surface area contributed by atoms with Crippen molar-refractivity contribution in [1.29, 1.82) is 0 Å². The predicted octanol–water partition coefficient (Wildman–Crippen LogP) is 4.02. The summed E-state index contributed by atoms with van der Waals surface area (Å²) in [6.45, 7) is 1.61. The lowest BCUT2D eigenvalue weighted by molar-refractivity contribution is -0.141. The van der Waals surface area contributed by atoms with E-state index in [0.717, 1.165) is 0 Å². The minimum atomic E-state index is -4.91. The number of hydrogen-bond acceptors (Lipinski definition) is 3. The first-order valence-corrected chi connectivity index (χ1v) is 5.66. The van der Waals surface area contributed by atoms with E-state index in [9.17, 15) is 18.0 Å². The van der Waals surface area contributed by atoms with Gasteiger partial charge in [-0.15, -0.1) is 0 Å². The molecule has 8 heteroatoms. The summed E-state index contributed by atoms with van der Waals surface area (Å²) < 4.78 is 42.9. The number of aromatic carboxylic acids is 1. The van der Waals surface area contributed by atoms with Gasteiger partial charge in [0.05, 0.1) is 0 Å². The molecule has 2 aromatic rings. The quantitative estimate of drug-likeness (QED) is 0.910. The number of carboxylic acid groups (broad SMARTS) is 1. The number of aromatic nitrogens is 1. The second-order valence-corrected chi connectivity index (χ2v) is 4.40. The van der Waals surface area contributed by atoms with Gasteiger partial charge in [0.15, 0.2) is 5.69 Å². The van der Waals surface area contributed by atoms with E-state index < -0.39 is 29.5 Å². The molecule has 0 fully saturated rings. The normalized spacial score (nSPS) is 11.7. The van der Waals surface area contributed by atoms with Crippen LogP contribution in [0.3, 0.4) is 0 Å². The Morgan fingerprint density at radius 1 is 1.40 bits per heavy atom. The average molecular weight is 306 g/mol. The van der Waals surface area contributed by atoms with Gasteiger partial charge in [0.1, 0.15) is 0 Å². The predicted molar refractivity (Wildman–Crippen MR) is 63.6 cm³/mol. The second-order valence-electron chi connectivity index (χ2n) is 3.96. The minimum Gasteiger partial charge on any atom is -0.475 e. The maximum atomic E-state index is 12.7. The van der Waals surface area contributed by atoms with E-state index >= 15 is 0 Å². The highest BCUT2D eigenvalue weighted by Gasteiger charge is 2.41. The molecule has 0 amide bonds.